The van der Waals surface area contributed by atoms with E-state index in [0.29, 0.717) is 15.6 Å². The van der Waals surface area contributed by atoms with Crippen molar-refractivity contribution < 1.29 is 58.0 Å². The van der Waals surface area contributed by atoms with Gasteiger partial charge in [-0.3, -0.25) is 44.0 Å². The fraction of sp³-hybridized carbons (Fsp3) is 0.485. The number of fused-ring (bicyclic) bond motifs is 1. The average molecular weight is 863 g/mol. The lowest BCUT2D eigenvalue weighted by molar-refractivity contribution is -0.192. The van der Waals surface area contributed by atoms with E-state index in [1.54, 1.807) is 11.6 Å². The number of piperazine rings is 1. The van der Waals surface area contributed by atoms with E-state index in [9.17, 15) is 43.5 Å². The Morgan fingerprint density at radius 3 is 2.41 bits per heavy atom. The molecular formula is C33H42N12O12S2. The molecule has 2 saturated heterocycles. The summed E-state index contributed by atoms with van der Waals surface area (Å²) in [6.07, 6.45) is -1.26. The lowest BCUT2D eigenvalue weighted by Gasteiger charge is -2.56. The minimum atomic E-state index is -2.12. The minimum Gasteiger partial charge on any atom is -0.480 e. The van der Waals surface area contributed by atoms with Gasteiger partial charge < -0.3 is 41.0 Å². The van der Waals surface area contributed by atoms with Gasteiger partial charge in [-0.25, -0.2) is 19.1 Å². The topological polar surface area (TPSA) is 314 Å². The number of hydrogen-bond donors (Lipinski definition) is 6. The van der Waals surface area contributed by atoms with Gasteiger partial charge >= 0.3 is 35.9 Å². The molecule has 0 radical (unpaired) electrons. The van der Waals surface area contributed by atoms with Crippen LogP contribution in [0.4, 0.5) is 15.3 Å². The largest absolute Gasteiger partial charge is 0.480 e. The van der Waals surface area contributed by atoms with E-state index in [1.165, 1.54) is 40.9 Å². The standard InChI is InChI=1S/C33H42N12O12S2/c1-6-42-11-12-43(25(48)24(42)47)30(54)36-21(17-7-9-19(10-8-17)35-32(55)57-13-20(34)26(49)50)23(46)37-33(56-5)28(53)44-22(27(51)52)18(14-58-29(33)44)15-59-31-38-39-40-45(31)16(2)41(3)4/h7-10,16,20-21,29H,6,11-15,34H2,1-5H3,(H,35,55)(H,36,54)(H,37,46)(H,49,50)(H,51,52)/t16?,20-,21-,29+,33+/m1/s1. The fourth-order valence-corrected chi connectivity index (χ4v) is 8.54. The molecule has 0 spiro atoms. The molecule has 3 aliphatic heterocycles. The molecule has 0 bridgehead atoms. The number of ether oxygens (including phenoxy) is 2. The second-order valence-corrected chi connectivity index (χ2v) is 15.3. The summed E-state index contributed by atoms with van der Waals surface area (Å²) in [7, 11) is 4.83. The zero-order valence-electron chi connectivity index (χ0n) is 32.3. The summed E-state index contributed by atoms with van der Waals surface area (Å²) in [5.41, 5.74) is 3.50. The Kier molecular flexibility index (Phi) is 13.8. The summed E-state index contributed by atoms with van der Waals surface area (Å²) in [5.74, 6) is -6.55. The molecule has 1 aromatic carbocycles. The number of rotatable bonds is 16. The summed E-state index contributed by atoms with van der Waals surface area (Å²) in [4.78, 5) is 108. The summed E-state index contributed by atoms with van der Waals surface area (Å²) in [6.45, 7) is 3.00. The van der Waals surface area contributed by atoms with Crippen LogP contribution < -0.4 is 21.7 Å². The van der Waals surface area contributed by atoms with Crippen LogP contribution in [0.2, 0.25) is 0 Å². The van der Waals surface area contributed by atoms with Gasteiger partial charge in [-0.1, -0.05) is 23.9 Å². The van der Waals surface area contributed by atoms with Gasteiger partial charge in [0, 0.05) is 43.9 Å². The van der Waals surface area contributed by atoms with Crippen molar-refractivity contribution in [3.63, 3.8) is 0 Å². The van der Waals surface area contributed by atoms with E-state index < -0.39 is 77.5 Å². The third kappa shape index (κ3) is 9.09. The maximum atomic E-state index is 14.2. The number of imide groups is 1. The normalized spacial score (nSPS) is 20.7. The Bertz CT molecular complexity index is 2050. The zero-order valence-corrected chi connectivity index (χ0v) is 33.9. The lowest BCUT2D eigenvalue weighted by Crippen LogP contribution is -2.81. The smallest absolute Gasteiger partial charge is 0.411 e. The molecule has 0 aliphatic carbocycles. The molecule has 24 nitrogen and oxygen atoms in total. The quantitative estimate of drug-likeness (QED) is 0.0492. The number of urea groups is 1. The van der Waals surface area contributed by atoms with Gasteiger partial charge in [0.25, 0.3) is 11.6 Å². The van der Waals surface area contributed by atoms with Crippen LogP contribution in [-0.2, 0) is 38.2 Å². The molecule has 26 heteroatoms. The number of nitrogens with zero attached hydrogens (tertiary/aromatic N) is 8. The summed E-state index contributed by atoms with van der Waals surface area (Å²) in [5, 5.41) is 37.7. The van der Waals surface area contributed by atoms with E-state index >= 15 is 0 Å². The second-order valence-electron chi connectivity index (χ2n) is 13.3. The molecule has 2 aromatic rings. The number of aromatic nitrogens is 4. The number of carbonyl (C=O) groups is 8. The number of carboxylic acid groups (broad SMARTS) is 2. The number of amides is 7. The second kappa shape index (κ2) is 18.4. The van der Waals surface area contributed by atoms with Crippen molar-refractivity contribution in [3.05, 3.63) is 41.1 Å². The first-order chi connectivity index (χ1) is 27.9. The highest BCUT2D eigenvalue weighted by Gasteiger charge is 2.67. The van der Waals surface area contributed by atoms with Crippen LogP contribution in [0.1, 0.15) is 31.6 Å². The highest BCUT2D eigenvalue weighted by atomic mass is 32.2. The number of methoxy groups -OCH3 is 1. The number of hydrogen-bond acceptors (Lipinski definition) is 17. The van der Waals surface area contributed by atoms with Crippen LogP contribution in [-0.4, -0.2) is 174 Å². The molecule has 318 valence electrons. The number of nitrogens with one attached hydrogen (secondary N) is 3. The molecule has 1 aromatic heterocycles. The number of thioether (sulfide) groups is 2. The Hall–Kier alpha value is -5.83. The van der Waals surface area contributed by atoms with Crippen molar-refractivity contribution in [2.45, 2.75) is 48.4 Å². The van der Waals surface area contributed by atoms with E-state index in [1.807, 2.05) is 25.9 Å². The van der Waals surface area contributed by atoms with E-state index in [4.69, 9.17) is 20.3 Å². The molecule has 59 heavy (non-hydrogen) atoms. The number of aliphatic carboxylic acids is 2. The van der Waals surface area contributed by atoms with E-state index in [2.05, 4.69) is 31.5 Å². The fourth-order valence-electron chi connectivity index (χ4n) is 6.02. The number of carboxylic acids is 2. The molecule has 2 fully saturated rings. The van der Waals surface area contributed by atoms with Crippen molar-refractivity contribution in [1.82, 2.24) is 50.4 Å². The number of likely N-dealkylation sites (N-methyl/N-ethyl adjacent to an activating group) is 1. The van der Waals surface area contributed by atoms with Crippen LogP contribution >= 0.6 is 23.5 Å². The molecule has 0 saturated carbocycles. The van der Waals surface area contributed by atoms with E-state index in [0.717, 1.165) is 23.8 Å². The first-order valence-corrected chi connectivity index (χ1v) is 19.8. The van der Waals surface area contributed by atoms with Crippen molar-refractivity contribution in [1.29, 1.82) is 0 Å². The van der Waals surface area contributed by atoms with Crippen molar-refractivity contribution in [2.75, 3.05) is 64.3 Å². The number of β-lactam (4-membered cyclic amide) rings is 1. The SMILES string of the molecule is CCN1CCN(C(=O)N[C@@H](C(=O)N[C@]2(OC)C(=O)N3C(C(=O)O)=C(CSc4nnnn4C(C)N(C)C)CS[C@H]32)c2ccc(NC(=O)OC[C@@H](N)C(=O)O)cc2)C(=O)C1=O. The maximum Gasteiger partial charge on any atom is 0.411 e. The zero-order chi connectivity index (χ0) is 43.3. The van der Waals surface area contributed by atoms with Gasteiger partial charge in [0.05, 0.1) is 0 Å². The van der Waals surface area contributed by atoms with Crippen LogP contribution in [0.25, 0.3) is 0 Å². The summed E-state index contributed by atoms with van der Waals surface area (Å²) in [6, 6.07) is 1.04. The van der Waals surface area contributed by atoms with Crippen molar-refractivity contribution in [3.8, 4) is 0 Å². The van der Waals surface area contributed by atoms with Gasteiger partial charge in [-0.15, -0.1) is 16.9 Å². The monoisotopic (exact) mass is 862 g/mol. The first kappa shape index (κ1) is 44.3. The Balaban J connectivity index is 1.38. The van der Waals surface area contributed by atoms with Crippen molar-refractivity contribution >= 4 is 76.9 Å². The highest BCUT2D eigenvalue weighted by Crippen LogP contribution is 2.47. The van der Waals surface area contributed by atoms with Crippen LogP contribution in [0.3, 0.4) is 0 Å². The van der Waals surface area contributed by atoms with Gasteiger partial charge in [-0.05, 0) is 61.6 Å². The Morgan fingerprint density at radius 1 is 1.10 bits per heavy atom. The van der Waals surface area contributed by atoms with Gasteiger partial charge in [0.15, 0.2) is 0 Å². The Morgan fingerprint density at radius 2 is 1.80 bits per heavy atom. The molecule has 5 rings (SSSR count). The molecule has 7 amide bonds. The number of anilines is 1. The predicted molar refractivity (Wildman–Crippen MR) is 205 cm³/mol. The van der Waals surface area contributed by atoms with Gasteiger partial charge in [0.2, 0.25) is 11.1 Å². The van der Waals surface area contributed by atoms with Crippen molar-refractivity contribution in [2.24, 2.45) is 5.73 Å². The summed E-state index contributed by atoms with van der Waals surface area (Å²) >= 11 is 2.30. The maximum absolute atomic E-state index is 14.2. The molecule has 1 unspecified atom stereocenters. The number of carbonyl (C=O) groups excluding carboxylic acids is 6. The average Bonchev–Trinajstić information content (AvgIpc) is 3.68. The molecule has 3 aliphatic rings. The van der Waals surface area contributed by atoms with Crippen LogP contribution in [0.15, 0.2) is 40.7 Å². The number of benzene rings is 1. The number of tetrazole rings is 1. The Labute approximate surface area is 344 Å². The highest BCUT2D eigenvalue weighted by molar-refractivity contribution is 8.01. The molecule has 5 atom stereocenters. The van der Waals surface area contributed by atoms with E-state index in [-0.39, 0.29) is 54.3 Å². The third-order valence-corrected chi connectivity index (χ3v) is 11.9. The van der Waals surface area contributed by atoms with Gasteiger partial charge in [-0.2, -0.15) is 0 Å². The molecular weight excluding hydrogens is 821 g/mol. The van der Waals surface area contributed by atoms with Crippen LogP contribution in [0.5, 0.6) is 0 Å². The molecule has 4 heterocycles. The molecule has 7 N–H and O–H groups in total. The summed E-state index contributed by atoms with van der Waals surface area (Å²) < 4.78 is 12.0. The minimum absolute atomic E-state index is 0.0430. The predicted octanol–water partition coefficient (Wildman–Crippen LogP) is -1.34. The lowest BCUT2D eigenvalue weighted by atomic mass is 9.97. The number of nitrogens with two attached hydrogens (primary N) is 1. The van der Waals surface area contributed by atoms with Crippen LogP contribution in [0, 0.1) is 0 Å². The van der Waals surface area contributed by atoms with Gasteiger partial charge in [0.1, 0.15) is 35.9 Å². The first-order valence-electron chi connectivity index (χ1n) is 17.7. The third-order valence-electron chi connectivity index (χ3n) is 9.55.